The van der Waals surface area contributed by atoms with Gasteiger partial charge < -0.3 is 15.7 Å². The number of carboxylic acid groups (broad SMARTS) is 1. The van der Waals surface area contributed by atoms with E-state index in [4.69, 9.17) is 16.7 Å². The number of hydrogen-bond acceptors (Lipinski definition) is 2. The summed E-state index contributed by atoms with van der Waals surface area (Å²) >= 11 is 8.85. The number of carboxylic acids is 1. The molecule has 18 heavy (non-hydrogen) atoms. The first-order chi connectivity index (χ1) is 8.41. The summed E-state index contributed by atoms with van der Waals surface area (Å²) in [6.45, 7) is 3.78. The van der Waals surface area contributed by atoms with Crippen molar-refractivity contribution in [2.24, 2.45) is 0 Å². The van der Waals surface area contributed by atoms with E-state index in [0.29, 0.717) is 4.48 Å². The highest BCUT2D eigenvalue weighted by atomic mass is 79.9. The Morgan fingerprint density at radius 1 is 1.44 bits per heavy atom. The summed E-state index contributed by atoms with van der Waals surface area (Å²) in [5, 5.41) is 14.0. The van der Waals surface area contributed by atoms with E-state index in [1.54, 1.807) is 6.07 Å². The molecule has 0 fully saturated rings. The molecule has 0 heterocycles. The molecule has 7 heteroatoms. The molecule has 0 bridgehead atoms. The van der Waals surface area contributed by atoms with Crippen LogP contribution in [0, 0.1) is 0 Å². The van der Waals surface area contributed by atoms with Gasteiger partial charge in [-0.1, -0.05) is 40.2 Å². The average molecular weight is 334 g/mol. The van der Waals surface area contributed by atoms with Gasteiger partial charge in [0, 0.05) is 4.48 Å². The number of anilines is 1. The first-order valence-corrected chi connectivity index (χ1v) is 5.99. The van der Waals surface area contributed by atoms with Crippen molar-refractivity contribution >= 4 is 45.2 Å². The maximum Gasteiger partial charge on any atom is 0.339 e. The Balaban J connectivity index is 2.84. The number of aromatic carboxylic acids is 1. The zero-order chi connectivity index (χ0) is 13.7. The third kappa shape index (κ3) is 4.05. The topological polar surface area (TPSA) is 78.4 Å². The number of rotatable bonds is 4. The molecule has 0 aromatic heterocycles. The van der Waals surface area contributed by atoms with Gasteiger partial charge in [-0.2, -0.15) is 0 Å². The van der Waals surface area contributed by atoms with Gasteiger partial charge in [0.15, 0.2) is 0 Å². The highest BCUT2D eigenvalue weighted by molar-refractivity contribution is 9.11. The third-order valence-electron chi connectivity index (χ3n) is 1.92. The minimum atomic E-state index is -1.21. The van der Waals surface area contributed by atoms with Crippen LogP contribution in [0.25, 0.3) is 0 Å². The molecule has 0 radical (unpaired) electrons. The normalized spacial score (nSPS) is 9.67. The lowest BCUT2D eigenvalue weighted by atomic mass is 10.2. The molecule has 5 nitrogen and oxygen atoms in total. The van der Waals surface area contributed by atoms with E-state index in [1.807, 2.05) is 0 Å². The van der Waals surface area contributed by atoms with Crippen LogP contribution in [-0.4, -0.2) is 23.7 Å². The van der Waals surface area contributed by atoms with E-state index in [-0.39, 0.29) is 22.8 Å². The molecule has 0 saturated carbocycles. The Morgan fingerprint density at radius 3 is 2.67 bits per heavy atom. The summed E-state index contributed by atoms with van der Waals surface area (Å²) in [6.07, 6.45) is 0. The lowest BCUT2D eigenvalue weighted by Crippen LogP contribution is -2.30. The van der Waals surface area contributed by atoms with Gasteiger partial charge in [0.25, 0.3) is 0 Å². The van der Waals surface area contributed by atoms with Crippen LogP contribution in [0.5, 0.6) is 0 Å². The fraction of sp³-hybridized carbons (Fsp3) is 0.0909. The van der Waals surface area contributed by atoms with Crippen molar-refractivity contribution in [2.75, 3.05) is 11.9 Å². The number of urea groups is 1. The van der Waals surface area contributed by atoms with Crippen molar-refractivity contribution in [3.8, 4) is 0 Å². The molecule has 0 atom stereocenters. The number of nitrogens with one attached hydrogen (secondary N) is 2. The van der Waals surface area contributed by atoms with Gasteiger partial charge in [0.2, 0.25) is 0 Å². The Labute approximate surface area is 117 Å². The second kappa shape index (κ2) is 6.42. The molecular weight excluding hydrogens is 323 g/mol. The van der Waals surface area contributed by atoms with E-state index in [9.17, 15) is 9.59 Å². The lowest BCUT2D eigenvalue weighted by molar-refractivity contribution is 0.0698. The standard InChI is InChI=1S/C11H10BrClN2O3/c1-6(12)5-14-11(18)15-8-4-2-3-7(13)9(8)10(16)17/h2-4H,1,5H2,(H,16,17)(H2,14,15,18). The highest BCUT2D eigenvalue weighted by Gasteiger charge is 2.15. The quantitative estimate of drug-likeness (QED) is 0.792. The van der Waals surface area contributed by atoms with Crippen LogP contribution >= 0.6 is 27.5 Å². The molecule has 96 valence electrons. The molecule has 3 N–H and O–H groups in total. The fourth-order valence-electron chi connectivity index (χ4n) is 1.19. The average Bonchev–Trinajstić information content (AvgIpc) is 2.26. The Hall–Kier alpha value is -1.53. The minimum absolute atomic E-state index is 0.0604. The van der Waals surface area contributed by atoms with E-state index >= 15 is 0 Å². The number of hydrogen-bond donors (Lipinski definition) is 3. The Bertz CT molecular complexity index is 505. The smallest absolute Gasteiger partial charge is 0.339 e. The van der Waals surface area contributed by atoms with Crippen LogP contribution in [0.3, 0.4) is 0 Å². The molecule has 2 amide bonds. The number of amides is 2. The maximum absolute atomic E-state index is 11.5. The van der Waals surface area contributed by atoms with Crippen molar-refractivity contribution < 1.29 is 14.7 Å². The number of carbonyl (C=O) groups is 2. The van der Waals surface area contributed by atoms with Crippen molar-refractivity contribution in [2.45, 2.75) is 0 Å². The molecule has 0 aliphatic heterocycles. The SMILES string of the molecule is C=C(Br)CNC(=O)Nc1cccc(Cl)c1C(=O)O. The van der Waals surface area contributed by atoms with Crippen LogP contribution < -0.4 is 10.6 Å². The summed E-state index contributed by atoms with van der Waals surface area (Å²) in [4.78, 5) is 22.5. The number of halogens is 2. The van der Waals surface area contributed by atoms with Gasteiger partial charge in [0.1, 0.15) is 5.56 Å². The number of benzene rings is 1. The zero-order valence-corrected chi connectivity index (χ0v) is 11.5. The van der Waals surface area contributed by atoms with Crippen molar-refractivity contribution in [3.05, 3.63) is 39.8 Å². The molecule has 1 aromatic rings. The summed E-state index contributed by atoms with van der Waals surface area (Å²) in [6, 6.07) is 3.90. The highest BCUT2D eigenvalue weighted by Crippen LogP contribution is 2.24. The fourth-order valence-corrected chi connectivity index (χ4v) is 1.58. The molecule has 1 aromatic carbocycles. The summed E-state index contributed by atoms with van der Waals surface area (Å²) in [7, 11) is 0. The molecule has 0 unspecified atom stereocenters. The second-order valence-corrected chi connectivity index (χ2v) is 4.82. The Kier molecular flexibility index (Phi) is 5.18. The van der Waals surface area contributed by atoms with Crippen molar-refractivity contribution in [1.29, 1.82) is 0 Å². The largest absolute Gasteiger partial charge is 0.478 e. The second-order valence-electron chi connectivity index (χ2n) is 3.29. The van der Waals surface area contributed by atoms with Crippen LogP contribution in [-0.2, 0) is 0 Å². The van der Waals surface area contributed by atoms with Crippen LogP contribution in [0.4, 0.5) is 10.5 Å². The molecule has 0 aliphatic carbocycles. The monoisotopic (exact) mass is 332 g/mol. The molecule has 0 aliphatic rings. The van der Waals surface area contributed by atoms with Crippen LogP contribution in [0.15, 0.2) is 29.3 Å². The summed E-state index contributed by atoms with van der Waals surface area (Å²) in [5.74, 6) is -1.21. The number of carbonyl (C=O) groups excluding carboxylic acids is 1. The third-order valence-corrected chi connectivity index (χ3v) is 2.51. The minimum Gasteiger partial charge on any atom is -0.478 e. The van der Waals surface area contributed by atoms with Gasteiger partial charge in [0.05, 0.1) is 17.3 Å². The van der Waals surface area contributed by atoms with E-state index in [2.05, 4.69) is 33.1 Å². The molecule has 0 saturated heterocycles. The zero-order valence-electron chi connectivity index (χ0n) is 9.17. The van der Waals surface area contributed by atoms with Gasteiger partial charge >= 0.3 is 12.0 Å². The Morgan fingerprint density at radius 2 is 2.11 bits per heavy atom. The van der Waals surface area contributed by atoms with Crippen molar-refractivity contribution in [1.82, 2.24) is 5.32 Å². The molecular formula is C11H10BrClN2O3. The van der Waals surface area contributed by atoms with Gasteiger partial charge in [-0.25, -0.2) is 9.59 Å². The van der Waals surface area contributed by atoms with E-state index in [1.165, 1.54) is 12.1 Å². The lowest BCUT2D eigenvalue weighted by Gasteiger charge is -2.10. The molecule has 0 spiro atoms. The van der Waals surface area contributed by atoms with Gasteiger partial charge in [-0.05, 0) is 12.1 Å². The van der Waals surface area contributed by atoms with Gasteiger partial charge in [-0.3, -0.25) is 0 Å². The van der Waals surface area contributed by atoms with Crippen molar-refractivity contribution in [3.63, 3.8) is 0 Å². The first-order valence-electron chi connectivity index (χ1n) is 4.81. The summed E-state index contributed by atoms with van der Waals surface area (Å²) in [5.41, 5.74) is -0.0142. The van der Waals surface area contributed by atoms with Crippen LogP contribution in [0.2, 0.25) is 5.02 Å². The predicted molar refractivity (Wildman–Crippen MR) is 73.5 cm³/mol. The maximum atomic E-state index is 11.5. The van der Waals surface area contributed by atoms with Gasteiger partial charge in [-0.15, -0.1) is 0 Å². The first kappa shape index (κ1) is 14.5. The predicted octanol–water partition coefficient (Wildman–Crippen LogP) is 3.07. The van der Waals surface area contributed by atoms with E-state index in [0.717, 1.165) is 0 Å². The van der Waals surface area contributed by atoms with Crippen LogP contribution in [0.1, 0.15) is 10.4 Å². The summed E-state index contributed by atoms with van der Waals surface area (Å²) < 4.78 is 0.599. The molecule has 1 rings (SSSR count). The van der Waals surface area contributed by atoms with E-state index < -0.39 is 12.0 Å².